The molecular formula is C15H21BrN2O. The average Bonchev–Trinajstić information content (AvgIpc) is 2.38. The van der Waals surface area contributed by atoms with Gasteiger partial charge in [-0.05, 0) is 26.1 Å². The van der Waals surface area contributed by atoms with Crippen LogP contribution >= 0.6 is 15.9 Å². The van der Waals surface area contributed by atoms with Crippen LogP contribution in [0.15, 0.2) is 28.7 Å². The Hall–Kier alpha value is -0.710. The molecular weight excluding hydrogens is 304 g/mol. The summed E-state index contributed by atoms with van der Waals surface area (Å²) in [7, 11) is 2.15. The molecule has 1 aromatic carbocycles. The number of benzene rings is 1. The Balaban J connectivity index is 1.85. The molecule has 104 valence electrons. The molecule has 0 saturated carbocycles. The first-order valence-corrected chi connectivity index (χ1v) is 7.57. The van der Waals surface area contributed by atoms with Crippen molar-refractivity contribution in [1.82, 2.24) is 9.80 Å². The molecule has 0 amide bonds. The fraction of sp³-hybridized carbons (Fsp3) is 0.533. The van der Waals surface area contributed by atoms with Gasteiger partial charge in [-0.15, -0.1) is 0 Å². The highest BCUT2D eigenvalue weighted by molar-refractivity contribution is 9.10. The van der Waals surface area contributed by atoms with Gasteiger partial charge >= 0.3 is 0 Å². The van der Waals surface area contributed by atoms with Gasteiger partial charge in [0.25, 0.3) is 0 Å². The summed E-state index contributed by atoms with van der Waals surface area (Å²) in [5.74, 6) is 0.235. The van der Waals surface area contributed by atoms with Crippen LogP contribution in [0.1, 0.15) is 23.7 Å². The van der Waals surface area contributed by atoms with E-state index in [1.54, 1.807) is 0 Å². The van der Waals surface area contributed by atoms with Crippen LogP contribution in [0.4, 0.5) is 0 Å². The minimum absolute atomic E-state index is 0.235. The molecule has 3 nitrogen and oxygen atoms in total. The Kier molecular flexibility index (Phi) is 5.13. The molecule has 4 heteroatoms. The monoisotopic (exact) mass is 324 g/mol. The van der Waals surface area contributed by atoms with Crippen molar-refractivity contribution in [2.75, 3.05) is 33.2 Å². The summed E-state index contributed by atoms with van der Waals surface area (Å²) in [6.07, 6.45) is 0.607. The number of halogens is 1. The van der Waals surface area contributed by atoms with Gasteiger partial charge in [0.2, 0.25) is 0 Å². The van der Waals surface area contributed by atoms with Gasteiger partial charge in [-0.1, -0.05) is 28.1 Å². The fourth-order valence-corrected chi connectivity index (χ4v) is 2.80. The maximum Gasteiger partial charge on any atom is 0.164 e. The molecule has 1 aromatic rings. The van der Waals surface area contributed by atoms with Crippen LogP contribution in [0.3, 0.4) is 0 Å². The predicted molar refractivity (Wildman–Crippen MR) is 81.6 cm³/mol. The molecule has 1 fully saturated rings. The standard InChI is InChI=1S/C15H21BrN2O/c1-12-11-17(2)9-10-18(12)8-7-15(19)13-3-5-14(16)6-4-13/h3-6,12H,7-11H2,1-2H3. The fourth-order valence-electron chi connectivity index (χ4n) is 2.53. The number of hydrogen-bond donors (Lipinski definition) is 0. The van der Waals surface area contributed by atoms with Crippen molar-refractivity contribution in [3.8, 4) is 0 Å². The number of ketones is 1. The zero-order chi connectivity index (χ0) is 13.8. The third-order valence-corrected chi connectivity index (χ3v) is 4.29. The van der Waals surface area contributed by atoms with E-state index >= 15 is 0 Å². The van der Waals surface area contributed by atoms with Crippen LogP contribution in [0.2, 0.25) is 0 Å². The second kappa shape index (κ2) is 6.64. The number of likely N-dealkylation sites (N-methyl/N-ethyl adjacent to an activating group) is 1. The van der Waals surface area contributed by atoms with Gasteiger partial charge in [-0.2, -0.15) is 0 Å². The quantitative estimate of drug-likeness (QED) is 0.795. The van der Waals surface area contributed by atoms with Gasteiger partial charge in [0.05, 0.1) is 0 Å². The number of carbonyl (C=O) groups is 1. The summed E-state index contributed by atoms with van der Waals surface area (Å²) >= 11 is 3.39. The highest BCUT2D eigenvalue weighted by atomic mass is 79.9. The molecule has 0 aromatic heterocycles. The zero-order valence-corrected chi connectivity index (χ0v) is 13.2. The number of Topliss-reactive ketones (excluding diaryl/α,β-unsaturated/α-hetero) is 1. The molecule has 0 radical (unpaired) electrons. The van der Waals surface area contributed by atoms with Gasteiger partial charge in [-0.3, -0.25) is 9.69 Å². The average molecular weight is 325 g/mol. The first-order chi connectivity index (χ1) is 9.06. The van der Waals surface area contributed by atoms with Crippen molar-refractivity contribution in [1.29, 1.82) is 0 Å². The van der Waals surface area contributed by atoms with Crippen LogP contribution < -0.4 is 0 Å². The maximum absolute atomic E-state index is 12.1. The maximum atomic E-state index is 12.1. The number of piperazine rings is 1. The minimum atomic E-state index is 0.235. The van der Waals surface area contributed by atoms with Crippen LogP contribution in [-0.4, -0.2) is 54.9 Å². The van der Waals surface area contributed by atoms with Crippen LogP contribution in [0.5, 0.6) is 0 Å². The largest absolute Gasteiger partial charge is 0.304 e. The van der Waals surface area contributed by atoms with Crippen molar-refractivity contribution in [3.05, 3.63) is 34.3 Å². The Bertz CT molecular complexity index is 432. The molecule has 1 saturated heterocycles. The van der Waals surface area contributed by atoms with E-state index in [9.17, 15) is 4.79 Å². The molecule has 1 aliphatic heterocycles. The molecule has 0 N–H and O–H groups in total. The van der Waals surface area contributed by atoms with E-state index in [-0.39, 0.29) is 5.78 Å². The Morgan fingerprint density at radius 1 is 1.32 bits per heavy atom. The van der Waals surface area contributed by atoms with Crippen molar-refractivity contribution in [3.63, 3.8) is 0 Å². The molecule has 0 bridgehead atoms. The molecule has 1 heterocycles. The van der Waals surface area contributed by atoms with Gasteiger partial charge in [0.15, 0.2) is 5.78 Å². The molecule has 19 heavy (non-hydrogen) atoms. The van der Waals surface area contributed by atoms with Gasteiger partial charge in [0, 0.05) is 48.7 Å². The van der Waals surface area contributed by atoms with Crippen molar-refractivity contribution >= 4 is 21.7 Å². The SMILES string of the molecule is CC1CN(C)CCN1CCC(=O)c1ccc(Br)cc1. The van der Waals surface area contributed by atoms with Crippen molar-refractivity contribution in [2.24, 2.45) is 0 Å². The smallest absolute Gasteiger partial charge is 0.164 e. The van der Waals surface area contributed by atoms with Crippen LogP contribution in [0.25, 0.3) is 0 Å². The van der Waals surface area contributed by atoms with E-state index in [0.29, 0.717) is 12.5 Å². The highest BCUT2D eigenvalue weighted by Gasteiger charge is 2.21. The molecule has 0 aliphatic carbocycles. The summed E-state index contributed by atoms with van der Waals surface area (Å²) in [6, 6.07) is 8.16. The van der Waals surface area contributed by atoms with Crippen molar-refractivity contribution in [2.45, 2.75) is 19.4 Å². The predicted octanol–water partition coefficient (Wildman–Crippen LogP) is 2.66. The number of hydrogen-bond acceptors (Lipinski definition) is 3. The Morgan fingerprint density at radius 2 is 2.00 bits per heavy atom. The van der Waals surface area contributed by atoms with E-state index in [2.05, 4.69) is 39.7 Å². The zero-order valence-electron chi connectivity index (χ0n) is 11.6. The Morgan fingerprint density at radius 3 is 2.63 bits per heavy atom. The number of nitrogens with zero attached hydrogens (tertiary/aromatic N) is 2. The minimum Gasteiger partial charge on any atom is -0.304 e. The third-order valence-electron chi connectivity index (χ3n) is 3.76. The molecule has 1 unspecified atom stereocenters. The summed E-state index contributed by atoms with van der Waals surface area (Å²) in [5, 5.41) is 0. The third kappa shape index (κ3) is 4.13. The lowest BCUT2D eigenvalue weighted by atomic mass is 10.1. The van der Waals surface area contributed by atoms with Crippen LogP contribution in [0, 0.1) is 0 Å². The van der Waals surface area contributed by atoms with E-state index in [1.807, 2.05) is 24.3 Å². The lowest BCUT2D eigenvalue weighted by molar-refractivity contribution is 0.0843. The first-order valence-electron chi connectivity index (χ1n) is 6.77. The Labute approximate surface area is 123 Å². The van der Waals surface area contributed by atoms with Crippen LogP contribution in [-0.2, 0) is 0 Å². The highest BCUT2D eigenvalue weighted by Crippen LogP contribution is 2.13. The molecule has 1 aliphatic rings. The summed E-state index contributed by atoms with van der Waals surface area (Å²) in [5.41, 5.74) is 0.810. The van der Waals surface area contributed by atoms with E-state index in [1.165, 1.54) is 0 Å². The number of carbonyl (C=O) groups excluding carboxylic acids is 1. The van der Waals surface area contributed by atoms with E-state index < -0.39 is 0 Å². The second-order valence-corrected chi connectivity index (χ2v) is 6.24. The van der Waals surface area contributed by atoms with Gasteiger partial charge in [0.1, 0.15) is 0 Å². The van der Waals surface area contributed by atoms with Gasteiger partial charge in [-0.25, -0.2) is 0 Å². The number of rotatable bonds is 4. The second-order valence-electron chi connectivity index (χ2n) is 5.33. The molecule has 0 spiro atoms. The lowest BCUT2D eigenvalue weighted by Gasteiger charge is -2.38. The molecule has 2 rings (SSSR count). The normalized spacial score (nSPS) is 21.5. The summed E-state index contributed by atoms with van der Waals surface area (Å²) in [6.45, 7) is 6.35. The van der Waals surface area contributed by atoms with E-state index in [0.717, 1.165) is 36.2 Å². The lowest BCUT2D eigenvalue weighted by Crippen LogP contribution is -2.50. The van der Waals surface area contributed by atoms with Crippen molar-refractivity contribution < 1.29 is 4.79 Å². The molecule has 1 atom stereocenters. The first kappa shape index (κ1) is 14.7. The summed E-state index contributed by atoms with van der Waals surface area (Å²) in [4.78, 5) is 16.9. The summed E-state index contributed by atoms with van der Waals surface area (Å²) < 4.78 is 1.01. The van der Waals surface area contributed by atoms with Gasteiger partial charge < -0.3 is 4.90 Å². The van der Waals surface area contributed by atoms with E-state index in [4.69, 9.17) is 0 Å². The topological polar surface area (TPSA) is 23.6 Å².